The van der Waals surface area contributed by atoms with E-state index in [1.54, 1.807) is 0 Å². The predicted molar refractivity (Wildman–Crippen MR) is 84.0 cm³/mol. The quantitative estimate of drug-likeness (QED) is 0.867. The topological polar surface area (TPSA) is 33.1 Å². The van der Waals surface area contributed by atoms with Crippen LogP contribution in [0.5, 0.6) is 0 Å². The monoisotopic (exact) mass is 278 g/mol. The van der Waals surface area contributed by atoms with Crippen LogP contribution >= 0.6 is 0 Å². The Morgan fingerprint density at radius 2 is 2.05 bits per heavy atom. The molecule has 114 valence electrons. The second-order valence-corrected chi connectivity index (χ2v) is 6.31. The van der Waals surface area contributed by atoms with E-state index in [2.05, 4.69) is 49.6 Å². The fourth-order valence-corrected chi connectivity index (χ4v) is 3.75. The van der Waals surface area contributed by atoms with Gasteiger partial charge in [0, 0.05) is 24.3 Å². The largest absolute Gasteiger partial charge is 0.315 e. The van der Waals surface area contributed by atoms with Gasteiger partial charge in [0.1, 0.15) is 0 Å². The number of hydrogen-bond donors (Lipinski definition) is 1. The molecule has 1 atom stereocenters. The molecule has 0 spiro atoms. The minimum absolute atomic E-state index is 0.293. The van der Waals surface area contributed by atoms with Crippen molar-refractivity contribution in [3.63, 3.8) is 0 Å². The molecule has 0 saturated heterocycles. The first kappa shape index (κ1) is 15.5. The molecule has 1 aliphatic carbocycles. The Labute approximate surface area is 123 Å². The number of aryl methyl sites for hydroxylation is 1. The first-order valence-electron chi connectivity index (χ1n) is 7.98. The fourth-order valence-electron chi connectivity index (χ4n) is 3.75. The van der Waals surface area contributed by atoms with Gasteiger partial charge in [0.05, 0.1) is 6.20 Å². The molecular weight excluding hydrogens is 248 g/mol. The van der Waals surface area contributed by atoms with Crippen molar-refractivity contribution in [2.45, 2.75) is 63.6 Å². The van der Waals surface area contributed by atoms with E-state index >= 15 is 0 Å². The lowest BCUT2D eigenvalue weighted by Gasteiger charge is -2.48. The summed E-state index contributed by atoms with van der Waals surface area (Å²) in [4.78, 5) is 2.46. The third-order valence-corrected chi connectivity index (χ3v) is 5.06. The van der Waals surface area contributed by atoms with Crippen LogP contribution in [0.25, 0.3) is 0 Å². The van der Waals surface area contributed by atoms with Crippen molar-refractivity contribution in [2.75, 3.05) is 21.1 Å². The van der Waals surface area contributed by atoms with E-state index in [0.29, 0.717) is 11.6 Å². The molecule has 0 aromatic carbocycles. The van der Waals surface area contributed by atoms with Crippen LogP contribution in [0.4, 0.5) is 0 Å². The number of nitrogens with zero attached hydrogens (tertiary/aromatic N) is 3. The van der Waals surface area contributed by atoms with E-state index in [4.69, 9.17) is 0 Å². The molecule has 1 aliphatic rings. The van der Waals surface area contributed by atoms with Crippen LogP contribution in [0, 0.1) is 0 Å². The average Bonchev–Trinajstić information content (AvgIpc) is 2.93. The first-order valence-corrected chi connectivity index (χ1v) is 7.98. The molecule has 0 radical (unpaired) electrons. The third kappa shape index (κ3) is 3.07. The van der Waals surface area contributed by atoms with Crippen LogP contribution in [-0.4, -0.2) is 47.4 Å². The van der Waals surface area contributed by atoms with Crippen molar-refractivity contribution in [2.24, 2.45) is 0 Å². The maximum atomic E-state index is 4.41. The second kappa shape index (κ2) is 6.72. The summed E-state index contributed by atoms with van der Waals surface area (Å²) in [6.07, 6.45) is 12.0. The van der Waals surface area contributed by atoms with Crippen molar-refractivity contribution < 1.29 is 0 Å². The highest BCUT2D eigenvalue weighted by Gasteiger charge is 2.40. The van der Waals surface area contributed by atoms with Crippen molar-refractivity contribution in [3.05, 3.63) is 18.0 Å². The van der Waals surface area contributed by atoms with Crippen LogP contribution in [0.2, 0.25) is 0 Å². The van der Waals surface area contributed by atoms with E-state index < -0.39 is 0 Å². The highest BCUT2D eigenvalue weighted by Crippen LogP contribution is 2.36. The fraction of sp³-hybridized carbons (Fsp3) is 0.812. The summed E-state index contributed by atoms with van der Waals surface area (Å²) >= 11 is 0. The van der Waals surface area contributed by atoms with Gasteiger partial charge in [0.25, 0.3) is 0 Å². The summed E-state index contributed by atoms with van der Waals surface area (Å²) in [5.41, 5.74) is 1.64. The predicted octanol–water partition coefficient (Wildman–Crippen LogP) is 2.30. The molecule has 2 rings (SSSR count). The molecule has 20 heavy (non-hydrogen) atoms. The zero-order valence-electron chi connectivity index (χ0n) is 13.5. The third-order valence-electron chi connectivity index (χ3n) is 5.06. The molecule has 1 fully saturated rings. The van der Waals surface area contributed by atoms with Gasteiger partial charge < -0.3 is 10.2 Å². The van der Waals surface area contributed by atoms with Gasteiger partial charge in [0.15, 0.2) is 0 Å². The van der Waals surface area contributed by atoms with Gasteiger partial charge in [-0.25, -0.2) is 0 Å². The van der Waals surface area contributed by atoms with Gasteiger partial charge in [-0.15, -0.1) is 0 Å². The van der Waals surface area contributed by atoms with Crippen LogP contribution in [0.15, 0.2) is 12.4 Å². The van der Waals surface area contributed by atoms with Crippen molar-refractivity contribution in [3.8, 4) is 0 Å². The highest BCUT2D eigenvalue weighted by molar-refractivity contribution is 5.11. The zero-order chi connectivity index (χ0) is 14.6. The second-order valence-electron chi connectivity index (χ2n) is 6.31. The van der Waals surface area contributed by atoms with E-state index in [0.717, 1.165) is 13.0 Å². The van der Waals surface area contributed by atoms with Gasteiger partial charge >= 0.3 is 0 Å². The molecular formula is C16H30N4. The van der Waals surface area contributed by atoms with Gasteiger partial charge in [-0.05, 0) is 52.9 Å². The zero-order valence-corrected chi connectivity index (χ0v) is 13.5. The first-order chi connectivity index (χ1) is 9.62. The highest BCUT2D eigenvalue weighted by atomic mass is 15.3. The van der Waals surface area contributed by atoms with Crippen LogP contribution in [-0.2, 0) is 13.0 Å². The van der Waals surface area contributed by atoms with Gasteiger partial charge in [-0.1, -0.05) is 19.3 Å². The summed E-state index contributed by atoms with van der Waals surface area (Å²) < 4.78 is 2.02. The molecule has 4 heteroatoms. The molecule has 1 aromatic heterocycles. The summed E-state index contributed by atoms with van der Waals surface area (Å²) in [5, 5.41) is 8.00. The molecule has 1 heterocycles. The maximum Gasteiger partial charge on any atom is 0.0522 e. The molecule has 1 saturated carbocycles. The number of aromatic nitrogens is 2. The number of nitrogens with one attached hydrogen (secondary N) is 1. The standard InChI is InChI=1S/C16H30N4/c1-5-20-13-14(12-18-20)11-15(17-2)16(19(3)4)9-7-6-8-10-16/h12-13,15,17H,5-11H2,1-4H3. The van der Waals surface area contributed by atoms with E-state index in [9.17, 15) is 0 Å². The Hall–Kier alpha value is -0.870. The molecule has 1 aromatic rings. The maximum absolute atomic E-state index is 4.41. The molecule has 0 aliphatic heterocycles. The SMILES string of the molecule is CCn1cc(CC(NC)C2(N(C)C)CCCCC2)cn1. The Morgan fingerprint density at radius 3 is 2.55 bits per heavy atom. The summed E-state index contributed by atoms with van der Waals surface area (Å²) in [7, 11) is 6.59. The Bertz CT molecular complexity index is 404. The lowest BCUT2D eigenvalue weighted by atomic mass is 9.73. The number of likely N-dealkylation sites (N-methyl/N-ethyl adjacent to an activating group) is 2. The molecule has 0 bridgehead atoms. The van der Waals surface area contributed by atoms with Crippen LogP contribution in [0.3, 0.4) is 0 Å². The van der Waals surface area contributed by atoms with Crippen LogP contribution < -0.4 is 5.32 Å². The molecule has 0 amide bonds. The number of rotatable bonds is 6. The molecule has 4 nitrogen and oxygen atoms in total. The minimum Gasteiger partial charge on any atom is -0.315 e. The van der Waals surface area contributed by atoms with E-state index in [1.165, 1.54) is 37.7 Å². The van der Waals surface area contributed by atoms with Crippen molar-refractivity contribution in [1.29, 1.82) is 0 Å². The lowest BCUT2D eigenvalue weighted by molar-refractivity contribution is 0.0598. The summed E-state index contributed by atoms with van der Waals surface area (Å²) in [6, 6.07) is 0.493. The lowest BCUT2D eigenvalue weighted by Crippen LogP contribution is -2.60. The van der Waals surface area contributed by atoms with Crippen molar-refractivity contribution in [1.82, 2.24) is 20.0 Å². The molecule has 1 unspecified atom stereocenters. The normalized spacial score (nSPS) is 20.2. The van der Waals surface area contributed by atoms with E-state index in [1.807, 2.05) is 10.9 Å². The Morgan fingerprint density at radius 1 is 1.35 bits per heavy atom. The van der Waals surface area contributed by atoms with E-state index in [-0.39, 0.29) is 0 Å². The number of hydrogen-bond acceptors (Lipinski definition) is 3. The van der Waals surface area contributed by atoms with Gasteiger partial charge in [0.2, 0.25) is 0 Å². The summed E-state index contributed by atoms with van der Waals surface area (Å²) in [5.74, 6) is 0. The Kier molecular flexibility index (Phi) is 5.22. The molecule has 1 N–H and O–H groups in total. The average molecular weight is 278 g/mol. The van der Waals surface area contributed by atoms with Crippen LogP contribution in [0.1, 0.15) is 44.6 Å². The minimum atomic E-state index is 0.293. The van der Waals surface area contributed by atoms with Gasteiger partial charge in [-0.3, -0.25) is 4.68 Å². The smallest absolute Gasteiger partial charge is 0.0522 e. The van der Waals surface area contributed by atoms with Crippen molar-refractivity contribution >= 4 is 0 Å². The Balaban J connectivity index is 2.15. The summed E-state index contributed by atoms with van der Waals surface area (Å²) in [6.45, 7) is 3.08. The van der Waals surface area contributed by atoms with Gasteiger partial charge in [-0.2, -0.15) is 5.10 Å².